The van der Waals surface area contributed by atoms with Crippen LogP contribution in [0.25, 0.3) is 5.78 Å². The highest BCUT2D eigenvalue weighted by molar-refractivity contribution is 5.92. The molecule has 2 fully saturated rings. The van der Waals surface area contributed by atoms with Crippen molar-refractivity contribution in [3.05, 3.63) is 47.8 Å². The Morgan fingerprint density at radius 2 is 1.57 bits per heavy atom. The molecule has 1 N–H and O–H groups in total. The lowest BCUT2D eigenvalue weighted by molar-refractivity contribution is -0.143. The molecule has 2 saturated carbocycles. The Kier molecular flexibility index (Phi) is 9.73. The van der Waals surface area contributed by atoms with Crippen molar-refractivity contribution < 1.29 is 44.7 Å². The number of imidazole rings is 1. The predicted octanol–water partition coefficient (Wildman–Crippen LogP) is 7.36. The summed E-state index contributed by atoms with van der Waals surface area (Å²) in [4.78, 5) is 34.6. The van der Waals surface area contributed by atoms with E-state index in [1.54, 1.807) is 22.9 Å². The number of nitrogens with zero attached hydrogens (tertiary/aromatic N) is 5. The van der Waals surface area contributed by atoms with Crippen molar-refractivity contribution >= 4 is 17.5 Å². The van der Waals surface area contributed by atoms with Crippen LogP contribution in [0.3, 0.4) is 0 Å². The molecule has 3 aromatic rings. The number of nitrogens with one attached hydrogen (secondary N) is 1. The van der Waals surface area contributed by atoms with E-state index in [0.29, 0.717) is 17.8 Å². The zero-order chi connectivity index (χ0) is 33.3. The third-order valence-corrected chi connectivity index (χ3v) is 8.69. The van der Waals surface area contributed by atoms with Gasteiger partial charge in [0.1, 0.15) is 11.5 Å². The highest BCUT2D eigenvalue weighted by Gasteiger charge is 2.40. The molecule has 252 valence electrons. The normalized spacial score (nSPS) is 18.9. The van der Waals surface area contributed by atoms with Crippen molar-refractivity contribution in [3.8, 4) is 0 Å². The summed E-state index contributed by atoms with van der Waals surface area (Å²) >= 11 is 0. The van der Waals surface area contributed by atoms with Gasteiger partial charge in [-0.15, -0.1) is 0 Å². The number of carbonyl (C=O) groups excluding carboxylic acids is 2. The van der Waals surface area contributed by atoms with E-state index in [9.17, 15) is 44.7 Å². The van der Waals surface area contributed by atoms with Crippen LogP contribution in [0.2, 0.25) is 0 Å². The van der Waals surface area contributed by atoms with E-state index in [2.05, 4.69) is 20.4 Å². The van der Waals surface area contributed by atoms with Crippen LogP contribution in [0.5, 0.6) is 0 Å². The number of alkyl halides is 8. The Labute approximate surface area is 259 Å². The summed E-state index contributed by atoms with van der Waals surface area (Å²) in [7, 11) is 0. The van der Waals surface area contributed by atoms with Crippen molar-refractivity contribution in [3.63, 3.8) is 0 Å². The quantitative estimate of drug-likeness (QED) is 0.193. The minimum absolute atomic E-state index is 0.00379. The number of aromatic nitrogens is 5. The fourth-order valence-electron chi connectivity index (χ4n) is 6.00. The number of fused-ring (bicyclic) bond motifs is 1. The molecule has 0 unspecified atom stereocenters. The Morgan fingerprint density at radius 3 is 2.22 bits per heavy atom. The molecule has 3 aromatic heterocycles. The molecule has 0 aromatic carbocycles. The van der Waals surface area contributed by atoms with Gasteiger partial charge in [-0.3, -0.25) is 18.7 Å². The number of rotatable bonds is 13. The Balaban J connectivity index is 1.34. The number of Topliss-reactive ketones (excluding diaryl/α,β-unsaturated/α-hetero) is 1. The summed E-state index contributed by atoms with van der Waals surface area (Å²) in [5.74, 6) is -4.04. The number of halogens is 8. The molecule has 8 nitrogen and oxygen atoms in total. The summed E-state index contributed by atoms with van der Waals surface area (Å²) in [6, 6.07) is 2.21. The van der Waals surface area contributed by atoms with Crippen molar-refractivity contribution in [2.45, 2.75) is 107 Å². The highest BCUT2D eigenvalue weighted by atomic mass is 19.4. The molecule has 2 atom stereocenters. The minimum Gasteiger partial charge on any atom is -0.342 e. The maximum Gasteiger partial charge on any atom is 0.390 e. The van der Waals surface area contributed by atoms with Gasteiger partial charge in [-0.25, -0.2) is 18.7 Å². The smallest absolute Gasteiger partial charge is 0.342 e. The van der Waals surface area contributed by atoms with Crippen LogP contribution < -0.4 is 5.32 Å². The van der Waals surface area contributed by atoms with Crippen molar-refractivity contribution in [2.75, 3.05) is 0 Å². The molecule has 2 aliphatic carbocycles. The maximum atomic E-state index is 14.0. The molecule has 2 aliphatic rings. The molecular weight excluding hydrogens is 628 g/mol. The molecule has 5 rings (SSSR count). The summed E-state index contributed by atoms with van der Waals surface area (Å²) in [5.41, 5.74) is 0.864. The van der Waals surface area contributed by atoms with E-state index in [4.69, 9.17) is 0 Å². The van der Waals surface area contributed by atoms with E-state index in [1.807, 2.05) is 0 Å². The lowest BCUT2D eigenvalue weighted by Gasteiger charge is -2.33. The second kappa shape index (κ2) is 13.3. The van der Waals surface area contributed by atoms with E-state index in [-0.39, 0.29) is 55.4 Å². The molecular formula is C30H34F8N6O2. The first-order valence-corrected chi connectivity index (χ1v) is 15.3. The predicted molar refractivity (Wildman–Crippen MR) is 148 cm³/mol. The molecule has 0 radical (unpaired) electrons. The average Bonchev–Trinajstić information content (AvgIpc) is 3.53. The largest absolute Gasteiger partial charge is 0.390 e. The Hall–Kier alpha value is -3.59. The number of aryl methyl sites for hydroxylation is 1. The summed E-state index contributed by atoms with van der Waals surface area (Å²) in [6.45, 7) is -0.470. The lowest BCUT2D eigenvalue weighted by Crippen LogP contribution is -2.37. The number of hydrogen-bond acceptors (Lipinski definition) is 5. The standard InChI is InChI=1S/C30H34F8N6O2/c31-28(32)10-5-19(6-11-28)25(41-26(46)23-9-15-44(42-23)16-13-30(36,37)38)24-17-43-14-8-22(39-27(43)40-24)21(18-1-2-18)4-3-20(45)7-12-29(33,34)35/h8-9,14-15,17-19,21,25H,1-7,10-13,16H2,(H,41,46)/t21-,25+/m1/s1. The Bertz CT molecular complexity index is 1520. The van der Waals surface area contributed by atoms with Gasteiger partial charge in [-0.1, -0.05) is 0 Å². The van der Waals surface area contributed by atoms with Gasteiger partial charge in [-0.05, 0) is 56.1 Å². The van der Waals surface area contributed by atoms with Gasteiger partial charge in [0.15, 0.2) is 0 Å². The molecule has 0 bridgehead atoms. The SMILES string of the molecule is O=C(CC[C@@H](c1ccn2cc([C@@H](NC(=O)c3ccn(CCC(F)(F)F)n3)C3CCC(F)(F)CC3)nc2n1)C1CC1)CCC(F)(F)F. The lowest BCUT2D eigenvalue weighted by atomic mass is 9.81. The van der Waals surface area contributed by atoms with Crippen LogP contribution in [-0.4, -0.2) is 54.1 Å². The van der Waals surface area contributed by atoms with Crippen LogP contribution >= 0.6 is 0 Å². The van der Waals surface area contributed by atoms with Crippen molar-refractivity contribution in [1.82, 2.24) is 29.5 Å². The number of hydrogen-bond donors (Lipinski definition) is 1. The van der Waals surface area contributed by atoms with E-state index in [1.165, 1.54) is 12.3 Å². The number of ketones is 1. The third kappa shape index (κ3) is 9.24. The second-order valence-corrected chi connectivity index (χ2v) is 12.3. The van der Waals surface area contributed by atoms with Gasteiger partial charge in [0.25, 0.3) is 5.91 Å². The molecule has 1 amide bonds. The summed E-state index contributed by atoms with van der Waals surface area (Å²) in [5, 5.41) is 6.76. The van der Waals surface area contributed by atoms with Gasteiger partial charge >= 0.3 is 12.4 Å². The monoisotopic (exact) mass is 662 g/mol. The highest BCUT2D eigenvalue weighted by Crippen LogP contribution is 2.45. The van der Waals surface area contributed by atoms with Gasteiger partial charge in [-0.2, -0.15) is 31.4 Å². The Morgan fingerprint density at radius 1 is 0.891 bits per heavy atom. The van der Waals surface area contributed by atoms with Crippen molar-refractivity contribution in [1.29, 1.82) is 0 Å². The van der Waals surface area contributed by atoms with E-state index >= 15 is 0 Å². The first-order valence-electron chi connectivity index (χ1n) is 15.3. The minimum atomic E-state index is -4.40. The van der Waals surface area contributed by atoms with E-state index in [0.717, 1.165) is 17.5 Å². The molecule has 3 heterocycles. The van der Waals surface area contributed by atoms with Crippen molar-refractivity contribution in [2.24, 2.45) is 11.8 Å². The van der Waals surface area contributed by atoms with Crippen LogP contribution in [0.4, 0.5) is 35.1 Å². The van der Waals surface area contributed by atoms with Gasteiger partial charge in [0.2, 0.25) is 11.7 Å². The molecule has 0 spiro atoms. The second-order valence-electron chi connectivity index (χ2n) is 12.3. The molecule has 16 heteroatoms. The van der Waals surface area contributed by atoms with Crippen LogP contribution in [-0.2, 0) is 11.3 Å². The fraction of sp³-hybridized carbons (Fsp3) is 0.633. The molecule has 0 saturated heterocycles. The fourth-order valence-corrected chi connectivity index (χ4v) is 6.00. The van der Waals surface area contributed by atoms with E-state index < -0.39 is 67.7 Å². The zero-order valence-electron chi connectivity index (χ0n) is 24.8. The number of amides is 1. The average molecular weight is 663 g/mol. The van der Waals surface area contributed by atoms with Gasteiger partial charge < -0.3 is 5.32 Å². The summed E-state index contributed by atoms with van der Waals surface area (Å²) in [6.07, 6.45) is -5.48. The van der Waals surface area contributed by atoms with Crippen LogP contribution in [0, 0.1) is 11.8 Å². The van der Waals surface area contributed by atoms with Crippen LogP contribution in [0.15, 0.2) is 30.7 Å². The summed E-state index contributed by atoms with van der Waals surface area (Å²) < 4.78 is 106. The van der Waals surface area contributed by atoms with Crippen LogP contribution in [0.1, 0.15) is 104 Å². The molecule has 0 aliphatic heterocycles. The van der Waals surface area contributed by atoms with Gasteiger partial charge in [0.05, 0.1) is 24.6 Å². The molecule has 46 heavy (non-hydrogen) atoms. The number of carbonyl (C=O) groups is 2. The van der Waals surface area contributed by atoms with Gasteiger partial charge in [0, 0.05) is 62.4 Å². The first kappa shape index (κ1) is 33.8. The zero-order valence-corrected chi connectivity index (χ0v) is 24.8. The first-order chi connectivity index (χ1) is 21.6. The topological polar surface area (TPSA) is 94.2 Å². The maximum absolute atomic E-state index is 14.0. The third-order valence-electron chi connectivity index (χ3n) is 8.69.